The monoisotopic (exact) mass is 386 g/mol. The van der Waals surface area contributed by atoms with Crippen LogP contribution in [0.3, 0.4) is 0 Å². The lowest BCUT2D eigenvalue weighted by atomic mass is 10.2. The van der Waals surface area contributed by atoms with E-state index in [0.29, 0.717) is 6.54 Å². The van der Waals surface area contributed by atoms with Gasteiger partial charge in [0.2, 0.25) is 0 Å². The Morgan fingerprint density at radius 1 is 0.875 bits per heavy atom. The lowest BCUT2D eigenvalue weighted by molar-refractivity contribution is 0.259. The standard InChI is InChI=1S/C8H22N3OP.C6H18N3OP/c1-5-7(3)11(8(4)6-2)13(9,10)12;1-2-3-4-5-6-9-11(7,8)10/h7-8H,5-6H2,1-4H3,(H4,9,10,12);2-6H2,1H3,(H5,7,8,9,10). The van der Waals surface area contributed by atoms with E-state index in [-0.39, 0.29) is 12.1 Å². The first-order valence-electron chi connectivity index (χ1n) is 8.78. The van der Waals surface area contributed by atoms with E-state index in [9.17, 15) is 9.13 Å². The van der Waals surface area contributed by atoms with Crippen LogP contribution in [0.4, 0.5) is 0 Å². The topological polar surface area (TPSA) is 153 Å². The molecule has 0 aliphatic heterocycles. The summed E-state index contributed by atoms with van der Waals surface area (Å²) in [5, 5.41) is 2.59. The molecule has 0 saturated carbocycles. The van der Waals surface area contributed by atoms with Crippen LogP contribution >= 0.6 is 15.2 Å². The summed E-state index contributed by atoms with van der Waals surface area (Å²) in [4.78, 5) is 0. The molecule has 148 valence electrons. The van der Waals surface area contributed by atoms with E-state index < -0.39 is 15.2 Å². The van der Waals surface area contributed by atoms with Gasteiger partial charge in [-0.1, -0.05) is 40.0 Å². The molecule has 0 rings (SSSR count). The summed E-state index contributed by atoms with van der Waals surface area (Å²) in [6.07, 6.45) is 6.35. The third-order valence-corrected chi connectivity index (χ3v) is 6.06. The average molecular weight is 386 g/mol. The Labute approximate surface area is 148 Å². The van der Waals surface area contributed by atoms with Crippen LogP contribution in [-0.2, 0) is 9.13 Å². The normalized spacial score (nSPS) is 14.9. The van der Waals surface area contributed by atoms with E-state index in [1.54, 1.807) is 4.67 Å². The van der Waals surface area contributed by atoms with Gasteiger partial charge in [-0.3, -0.25) is 31.1 Å². The summed E-state index contributed by atoms with van der Waals surface area (Å²) in [5.41, 5.74) is 21.1. The fraction of sp³-hybridized carbons (Fsp3) is 1.00. The molecule has 0 aliphatic carbocycles. The van der Waals surface area contributed by atoms with Gasteiger partial charge in [-0.2, -0.15) is 0 Å². The Morgan fingerprint density at radius 3 is 1.62 bits per heavy atom. The Kier molecular flexibility index (Phi) is 14.8. The van der Waals surface area contributed by atoms with Crippen molar-refractivity contribution in [2.45, 2.75) is 85.2 Å². The van der Waals surface area contributed by atoms with Gasteiger partial charge in [-0.25, -0.2) is 9.76 Å². The number of hydrogen-bond acceptors (Lipinski definition) is 2. The van der Waals surface area contributed by atoms with Crippen molar-refractivity contribution in [3.63, 3.8) is 0 Å². The van der Waals surface area contributed by atoms with Crippen LogP contribution in [0.25, 0.3) is 0 Å². The highest BCUT2D eigenvalue weighted by molar-refractivity contribution is 7.57. The largest absolute Gasteiger partial charge is 0.276 e. The minimum Gasteiger partial charge on any atom is -0.271 e. The SMILES string of the molecule is CCC(C)N(C(C)CC)P(N)(N)=O.CCCCCCNP(N)(N)=O. The highest BCUT2D eigenvalue weighted by atomic mass is 31.2. The zero-order chi connectivity index (χ0) is 19.4. The van der Waals surface area contributed by atoms with Gasteiger partial charge in [0.25, 0.3) is 15.2 Å². The Morgan fingerprint density at radius 2 is 1.33 bits per heavy atom. The average Bonchev–Trinajstić information content (AvgIpc) is 2.44. The van der Waals surface area contributed by atoms with E-state index in [0.717, 1.165) is 25.7 Å². The second-order valence-corrected chi connectivity index (χ2v) is 9.79. The molecule has 0 heterocycles. The smallest absolute Gasteiger partial charge is 0.271 e. The quantitative estimate of drug-likeness (QED) is 0.268. The molecule has 0 fully saturated rings. The predicted molar refractivity (Wildman–Crippen MR) is 105 cm³/mol. The summed E-state index contributed by atoms with van der Waals surface area (Å²) in [6, 6.07) is 0.353. The minimum atomic E-state index is -3.09. The second-order valence-electron chi connectivity index (χ2n) is 6.25. The molecular formula is C14H40N6O2P2. The zero-order valence-corrected chi connectivity index (χ0v) is 17.9. The van der Waals surface area contributed by atoms with Crippen LogP contribution in [-0.4, -0.2) is 23.3 Å². The van der Waals surface area contributed by atoms with Crippen LogP contribution in [0.5, 0.6) is 0 Å². The van der Waals surface area contributed by atoms with Crippen molar-refractivity contribution in [2.24, 2.45) is 22.0 Å². The number of unbranched alkanes of at least 4 members (excludes halogenated alkanes) is 3. The maximum Gasteiger partial charge on any atom is 0.276 e. The summed E-state index contributed by atoms with van der Waals surface area (Å²) in [6.45, 7) is 10.9. The third-order valence-electron chi connectivity index (χ3n) is 3.84. The van der Waals surface area contributed by atoms with E-state index >= 15 is 0 Å². The highest BCUT2D eigenvalue weighted by Gasteiger charge is 2.29. The lowest BCUT2D eigenvalue weighted by Crippen LogP contribution is -2.41. The first-order chi connectivity index (χ1) is 10.9. The van der Waals surface area contributed by atoms with Gasteiger partial charge in [0.15, 0.2) is 0 Å². The molecule has 0 spiro atoms. The number of nitrogens with one attached hydrogen (secondary N) is 1. The van der Waals surface area contributed by atoms with E-state index in [1.807, 2.05) is 27.7 Å². The molecule has 0 aromatic carbocycles. The van der Waals surface area contributed by atoms with Crippen molar-refractivity contribution in [2.75, 3.05) is 6.54 Å². The second kappa shape index (κ2) is 13.4. The van der Waals surface area contributed by atoms with Crippen molar-refractivity contribution in [3.8, 4) is 0 Å². The van der Waals surface area contributed by atoms with Crippen molar-refractivity contribution in [1.29, 1.82) is 0 Å². The Hall–Kier alpha value is 0.220. The highest BCUT2D eigenvalue weighted by Crippen LogP contribution is 2.37. The number of nitrogens with zero attached hydrogens (tertiary/aromatic N) is 1. The van der Waals surface area contributed by atoms with E-state index in [4.69, 9.17) is 22.0 Å². The molecule has 24 heavy (non-hydrogen) atoms. The molecule has 10 heteroatoms. The fourth-order valence-corrected chi connectivity index (χ4v) is 4.30. The van der Waals surface area contributed by atoms with Crippen LogP contribution in [0.1, 0.15) is 73.1 Å². The number of rotatable bonds is 11. The van der Waals surface area contributed by atoms with Crippen LogP contribution < -0.4 is 27.1 Å². The van der Waals surface area contributed by atoms with Gasteiger partial charge in [0.05, 0.1) is 0 Å². The Balaban J connectivity index is 0. The van der Waals surface area contributed by atoms with Gasteiger partial charge in [-0.15, -0.1) is 0 Å². The van der Waals surface area contributed by atoms with Crippen molar-refractivity contribution in [3.05, 3.63) is 0 Å². The zero-order valence-electron chi connectivity index (χ0n) is 16.1. The van der Waals surface area contributed by atoms with Crippen molar-refractivity contribution in [1.82, 2.24) is 9.76 Å². The predicted octanol–water partition coefficient (Wildman–Crippen LogP) is 3.09. The van der Waals surface area contributed by atoms with Crippen LogP contribution in [0, 0.1) is 0 Å². The molecular weight excluding hydrogens is 346 g/mol. The number of hydrogen-bond donors (Lipinski definition) is 5. The lowest BCUT2D eigenvalue weighted by Gasteiger charge is -2.35. The molecule has 0 saturated heterocycles. The first kappa shape index (κ1) is 26.4. The maximum absolute atomic E-state index is 11.6. The van der Waals surface area contributed by atoms with Gasteiger partial charge >= 0.3 is 0 Å². The summed E-state index contributed by atoms with van der Waals surface area (Å²) in [7, 11) is -6.05. The molecule has 0 amide bonds. The van der Waals surface area contributed by atoms with Gasteiger partial charge in [-0.05, 0) is 33.1 Å². The fourth-order valence-electron chi connectivity index (χ4n) is 2.23. The summed E-state index contributed by atoms with van der Waals surface area (Å²) in [5.74, 6) is 0. The van der Waals surface area contributed by atoms with Crippen molar-refractivity contribution < 1.29 is 9.13 Å². The summed E-state index contributed by atoms with van der Waals surface area (Å²) >= 11 is 0. The maximum atomic E-state index is 11.6. The van der Waals surface area contributed by atoms with Gasteiger partial charge < -0.3 is 0 Å². The molecule has 9 N–H and O–H groups in total. The van der Waals surface area contributed by atoms with Gasteiger partial charge in [0, 0.05) is 18.6 Å². The molecule has 2 unspecified atom stereocenters. The molecule has 8 nitrogen and oxygen atoms in total. The minimum absolute atomic E-state index is 0.177. The molecule has 0 aliphatic rings. The van der Waals surface area contributed by atoms with E-state index in [2.05, 4.69) is 12.0 Å². The first-order valence-corrected chi connectivity index (χ1v) is 12.4. The van der Waals surface area contributed by atoms with Crippen LogP contribution in [0.15, 0.2) is 0 Å². The molecule has 0 radical (unpaired) electrons. The third kappa shape index (κ3) is 14.6. The van der Waals surface area contributed by atoms with E-state index in [1.165, 1.54) is 12.8 Å². The van der Waals surface area contributed by atoms with Crippen LogP contribution in [0.2, 0.25) is 0 Å². The molecule has 0 bridgehead atoms. The van der Waals surface area contributed by atoms with Gasteiger partial charge in [0.1, 0.15) is 0 Å². The number of nitrogens with two attached hydrogens (primary N) is 4. The molecule has 0 aromatic heterocycles. The molecule has 0 aromatic rings. The van der Waals surface area contributed by atoms with Crippen molar-refractivity contribution >= 4 is 15.2 Å². The molecule has 2 atom stereocenters. The summed E-state index contributed by atoms with van der Waals surface area (Å²) < 4.78 is 24.0. The Bertz CT molecular complexity index is 389.